The van der Waals surface area contributed by atoms with E-state index in [0.717, 1.165) is 5.82 Å². The lowest BCUT2D eigenvalue weighted by molar-refractivity contribution is -0.142. The highest BCUT2D eigenvalue weighted by Gasteiger charge is 2.25. The Labute approximate surface area is 145 Å². The molecule has 2 heterocycles. The number of piperidine rings is 1. The van der Waals surface area contributed by atoms with Gasteiger partial charge in [0.05, 0.1) is 5.92 Å². The van der Waals surface area contributed by atoms with Crippen molar-refractivity contribution in [2.45, 2.75) is 19.3 Å². The van der Waals surface area contributed by atoms with E-state index in [1.807, 2.05) is 12.1 Å². The van der Waals surface area contributed by atoms with Crippen molar-refractivity contribution in [1.29, 1.82) is 0 Å². The maximum atomic E-state index is 13.6. The van der Waals surface area contributed by atoms with Gasteiger partial charge in [-0.2, -0.15) is 0 Å². The van der Waals surface area contributed by atoms with Crippen LogP contribution in [0.1, 0.15) is 18.4 Å². The summed E-state index contributed by atoms with van der Waals surface area (Å²) in [4.78, 5) is 21.6. The average molecular weight is 344 g/mol. The first kappa shape index (κ1) is 17.1. The van der Waals surface area contributed by atoms with Crippen molar-refractivity contribution < 1.29 is 14.3 Å². The molecule has 0 bridgehead atoms. The molecule has 1 aliphatic heterocycles. The van der Waals surface area contributed by atoms with Gasteiger partial charge in [0.1, 0.15) is 23.8 Å². The van der Waals surface area contributed by atoms with Gasteiger partial charge in [-0.1, -0.05) is 18.2 Å². The first-order valence-electron chi connectivity index (χ1n) is 8.40. The number of hydrogen-bond donors (Lipinski definition) is 2. The Kier molecular flexibility index (Phi) is 5.42. The number of nitrogens with one attached hydrogen (secondary N) is 1. The molecular formula is C18H21FN4O2. The molecule has 0 aliphatic carbocycles. The van der Waals surface area contributed by atoms with Crippen LogP contribution in [0.3, 0.4) is 0 Å². The Morgan fingerprint density at radius 3 is 2.76 bits per heavy atom. The SMILES string of the molecule is O=C(O)C1CCN(c2cc(NCCc3ccccc3F)ncn2)CC1. The van der Waals surface area contributed by atoms with Crippen LogP contribution in [0.4, 0.5) is 16.0 Å². The Bertz CT molecular complexity index is 733. The van der Waals surface area contributed by atoms with Crippen LogP contribution in [0.15, 0.2) is 36.7 Å². The Balaban J connectivity index is 1.55. The van der Waals surface area contributed by atoms with E-state index in [4.69, 9.17) is 5.11 Å². The highest BCUT2D eigenvalue weighted by molar-refractivity contribution is 5.70. The molecule has 2 aromatic rings. The summed E-state index contributed by atoms with van der Waals surface area (Å²) in [6, 6.07) is 8.58. The van der Waals surface area contributed by atoms with E-state index in [-0.39, 0.29) is 11.7 Å². The van der Waals surface area contributed by atoms with E-state index < -0.39 is 5.97 Å². The normalized spacial score (nSPS) is 15.2. The van der Waals surface area contributed by atoms with E-state index >= 15 is 0 Å². The number of anilines is 2. The number of halogens is 1. The molecule has 25 heavy (non-hydrogen) atoms. The van der Waals surface area contributed by atoms with Crippen molar-refractivity contribution in [1.82, 2.24) is 9.97 Å². The molecule has 2 N–H and O–H groups in total. The number of nitrogens with zero attached hydrogens (tertiary/aromatic N) is 3. The molecule has 1 aromatic heterocycles. The van der Waals surface area contributed by atoms with E-state index in [9.17, 15) is 9.18 Å². The van der Waals surface area contributed by atoms with Gasteiger partial charge in [0, 0.05) is 25.7 Å². The molecule has 0 radical (unpaired) electrons. The first-order valence-corrected chi connectivity index (χ1v) is 8.40. The van der Waals surface area contributed by atoms with E-state index in [2.05, 4.69) is 20.2 Å². The highest BCUT2D eigenvalue weighted by atomic mass is 19.1. The zero-order valence-corrected chi connectivity index (χ0v) is 13.9. The zero-order valence-electron chi connectivity index (χ0n) is 13.9. The number of carbonyl (C=O) groups is 1. The third-order valence-corrected chi connectivity index (χ3v) is 4.48. The second-order valence-corrected chi connectivity index (χ2v) is 6.13. The van der Waals surface area contributed by atoms with Crippen LogP contribution in [-0.2, 0) is 11.2 Å². The van der Waals surface area contributed by atoms with Gasteiger partial charge in [0.2, 0.25) is 0 Å². The van der Waals surface area contributed by atoms with Gasteiger partial charge < -0.3 is 15.3 Å². The fraction of sp³-hybridized carbons (Fsp3) is 0.389. The van der Waals surface area contributed by atoms with Gasteiger partial charge in [0.15, 0.2) is 0 Å². The van der Waals surface area contributed by atoms with Gasteiger partial charge in [-0.15, -0.1) is 0 Å². The quantitative estimate of drug-likeness (QED) is 0.839. The molecule has 0 atom stereocenters. The Morgan fingerprint density at radius 1 is 1.28 bits per heavy atom. The number of rotatable bonds is 6. The van der Waals surface area contributed by atoms with Gasteiger partial charge in [0.25, 0.3) is 0 Å². The number of aromatic nitrogens is 2. The van der Waals surface area contributed by atoms with Crippen molar-refractivity contribution in [2.75, 3.05) is 29.9 Å². The van der Waals surface area contributed by atoms with Gasteiger partial charge in [-0.05, 0) is 30.9 Å². The summed E-state index contributed by atoms with van der Waals surface area (Å²) in [5.41, 5.74) is 0.667. The molecule has 0 spiro atoms. The minimum atomic E-state index is -0.724. The minimum absolute atomic E-state index is 0.200. The molecule has 1 aromatic carbocycles. The largest absolute Gasteiger partial charge is 0.481 e. The Morgan fingerprint density at radius 2 is 2.04 bits per heavy atom. The molecule has 6 nitrogen and oxygen atoms in total. The number of carboxylic acid groups (broad SMARTS) is 1. The zero-order chi connectivity index (χ0) is 17.6. The summed E-state index contributed by atoms with van der Waals surface area (Å²) in [5, 5.41) is 12.3. The number of carboxylic acids is 1. The van der Waals surface area contributed by atoms with Crippen LogP contribution in [-0.4, -0.2) is 40.7 Å². The summed E-state index contributed by atoms with van der Waals surface area (Å²) in [5.74, 6) is 0.275. The molecule has 0 saturated carbocycles. The second-order valence-electron chi connectivity index (χ2n) is 6.13. The van der Waals surface area contributed by atoms with Crippen molar-refractivity contribution in [3.05, 3.63) is 48.0 Å². The van der Waals surface area contributed by atoms with Gasteiger partial charge in [-0.25, -0.2) is 14.4 Å². The van der Waals surface area contributed by atoms with E-state index in [1.165, 1.54) is 12.4 Å². The fourth-order valence-corrected chi connectivity index (χ4v) is 3.00. The molecule has 1 saturated heterocycles. The molecule has 1 aliphatic rings. The van der Waals surface area contributed by atoms with Gasteiger partial charge in [-0.3, -0.25) is 4.79 Å². The molecular weight excluding hydrogens is 323 g/mol. The van der Waals surface area contributed by atoms with Crippen molar-refractivity contribution >= 4 is 17.6 Å². The maximum absolute atomic E-state index is 13.6. The average Bonchev–Trinajstić information content (AvgIpc) is 2.64. The molecule has 3 rings (SSSR count). The van der Waals surface area contributed by atoms with Crippen molar-refractivity contribution in [2.24, 2.45) is 5.92 Å². The van der Waals surface area contributed by atoms with Crippen LogP contribution < -0.4 is 10.2 Å². The lowest BCUT2D eigenvalue weighted by Crippen LogP contribution is -2.36. The third kappa shape index (κ3) is 4.43. The molecule has 0 amide bonds. The molecule has 1 fully saturated rings. The van der Waals surface area contributed by atoms with E-state index in [0.29, 0.717) is 50.3 Å². The lowest BCUT2D eigenvalue weighted by atomic mass is 9.97. The monoisotopic (exact) mass is 344 g/mol. The molecule has 0 unspecified atom stereocenters. The maximum Gasteiger partial charge on any atom is 0.306 e. The van der Waals surface area contributed by atoms with E-state index in [1.54, 1.807) is 12.1 Å². The van der Waals surface area contributed by atoms with Gasteiger partial charge >= 0.3 is 5.97 Å². The van der Waals surface area contributed by atoms with Crippen LogP contribution in [0, 0.1) is 11.7 Å². The third-order valence-electron chi connectivity index (χ3n) is 4.48. The summed E-state index contributed by atoms with van der Waals surface area (Å²) in [6.07, 6.45) is 3.30. The summed E-state index contributed by atoms with van der Waals surface area (Å²) >= 11 is 0. The predicted molar refractivity (Wildman–Crippen MR) is 93.2 cm³/mol. The summed E-state index contributed by atoms with van der Waals surface area (Å²) in [6.45, 7) is 1.91. The highest BCUT2D eigenvalue weighted by Crippen LogP contribution is 2.23. The number of hydrogen-bond acceptors (Lipinski definition) is 5. The molecule has 7 heteroatoms. The molecule has 132 valence electrons. The number of aliphatic carboxylic acids is 1. The van der Waals surface area contributed by atoms with Crippen LogP contribution in [0.25, 0.3) is 0 Å². The number of benzene rings is 1. The standard InChI is InChI=1S/C18H21FN4O2/c19-15-4-2-1-3-13(15)5-8-20-16-11-17(22-12-21-16)23-9-6-14(7-10-23)18(24)25/h1-4,11-12,14H,5-10H2,(H,24,25)(H,20,21,22). The minimum Gasteiger partial charge on any atom is -0.481 e. The summed E-state index contributed by atoms with van der Waals surface area (Å²) in [7, 11) is 0. The predicted octanol–water partition coefficient (Wildman–Crippen LogP) is 2.57. The first-order chi connectivity index (χ1) is 12.1. The second kappa shape index (κ2) is 7.92. The Hall–Kier alpha value is -2.70. The summed E-state index contributed by atoms with van der Waals surface area (Å²) < 4.78 is 13.6. The lowest BCUT2D eigenvalue weighted by Gasteiger charge is -2.31. The van der Waals surface area contributed by atoms with Crippen LogP contribution in [0.5, 0.6) is 0 Å². The van der Waals surface area contributed by atoms with Crippen LogP contribution >= 0.6 is 0 Å². The fourth-order valence-electron chi connectivity index (χ4n) is 3.00. The van der Waals surface area contributed by atoms with Crippen LogP contribution in [0.2, 0.25) is 0 Å². The van der Waals surface area contributed by atoms with Crippen molar-refractivity contribution in [3.63, 3.8) is 0 Å². The van der Waals surface area contributed by atoms with Crippen molar-refractivity contribution in [3.8, 4) is 0 Å². The smallest absolute Gasteiger partial charge is 0.306 e. The topological polar surface area (TPSA) is 78.4 Å².